The third-order valence-corrected chi connectivity index (χ3v) is 2.65. The second kappa shape index (κ2) is 3.81. The molecule has 4 heteroatoms. The molecule has 1 heterocycles. The summed E-state index contributed by atoms with van der Waals surface area (Å²) in [6.07, 6.45) is 1.56. The van der Waals surface area contributed by atoms with Crippen LogP contribution in [0.5, 0.6) is 0 Å². The van der Waals surface area contributed by atoms with E-state index in [1.165, 1.54) is 6.92 Å². The fourth-order valence-electron chi connectivity index (χ4n) is 1.71. The lowest BCUT2D eigenvalue weighted by atomic mass is 10.1. The number of fused-ring (bicyclic) bond motifs is 1. The van der Waals surface area contributed by atoms with Crippen LogP contribution in [0.4, 0.5) is 0 Å². The van der Waals surface area contributed by atoms with Crippen LogP contribution >= 0.6 is 0 Å². The van der Waals surface area contributed by atoms with Gasteiger partial charge < -0.3 is 4.98 Å². The Hall–Kier alpha value is -2.10. The third-order valence-electron chi connectivity index (χ3n) is 2.65. The second-order valence-electron chi connectivity index (χ2n) is 3.75. The molecule has 0 radical (unpaired) electrons. The summed E-state index contributed by atoms with van der Waals surface area (Å²) in [6.45, 7) is 3.45. The Bertz CT molecular complexity index is 582. The van der Waals surface area contributed by atoms with Crippen molar-refractivity contribution in [2.24, 2.45) is 0 Å². The normalized spacial score (nSPS) is 12.0. The number of para-hydroxylation sites is 1. The fourth-order valence-corrected chi connectivity index (χ4v) is 1.71. The number of allylic oxidation sites excluding steroid dienone is 1. The van der Waals surface area contributed by atoms with Gasteiger partial charge in [0.15, 0.2) is 0 Å². The molecule has 0 bridgehead atoms. The van der Waals surface area contributed by atoms with Gasteiger partial charge >= 0.3 is 0 Å². The van der Waals surface area contributed by atoms with E-state index in [1.54, 1.807) is 6.08 Å². The first-order valence-electron chi connectivity index (χ1n) is 4.99. The van der Waals surface area contributed by atoms with Gasteiger partial charge in [-0.05, 0) is 18.6 Å². The predicted molar refractivity (Wildman–Crippen MR) is 63.7 cm³/mol. The van der Waals surface area contributed by atoms with Crippen molar-refractivity contribution in [1.82, 2.24) is 4.98 Å². The Morgan fingerprint density at radius 2 is 2.12 bits per heavy atom. The van der Waals surface area contributed by atoms with E-state index < -0.39 is 0 Å². The monoisotopic (exact) mass is 216 g/mol. The van der Waals surface area contributed by atoms with Gasteiger partial charge in [0.1, 0.15) is 0 Å². The van der Waals surface area contributed by atoms with Gasteiger partial charge in [0, 0.05) is 29.6 Å². The molecule has 1 N–H and O–H groups in total. The minimum Gasteiger partial charge on any atom is -0.355 e. The smallest absolute Gasteiger partial charge is 0.245 e. The van der Waals surface area contributed by atoms with Crippen LogP contribution in [0, 0.1) is 17.0 Å². The van der Waals surface area contributed by atoms with E-state index >= 15 is 0 Å². The molecule has 0 aliphatic heterocycles. The Kier molecular flexibility index (Phi) is 2.48. The molecule has 82 valence electrons. The molecule has 0 aliphatic rings. The first-order valence-corrected chi connectivity index (χ1v) is 4.99. The van der Waals surface area contributed by atoms with Gasteiger partial charge in [-0.25, -0.2) is 0 Å². The summed E-state index contributed by atoms with van der Waals surface area (Å²) >= 11 is 0. The average Bonchev–Trinajstić information content (AvgIpc) is 2.56. The van der Waals surface area contributed by atoms with Crippen LogP contribution < -0.4 is 0 Å². The summed E-state index contributed by atoms with van der Waals surface area (Å²) in [5.74, 6) is 0. The topological polar surface area (TPSA) is 58.9 Å². The summed E-state index contributed by atoms with van der Waals surface area (Å²) < 4.78 is 0. The lowest BCUT2D eigenvalue weighted by Crippen LogP contribution is -1.93. The van der Waals surface area contributed by atoms with E-state index in [-0.39, 0.29) is 10.6 Å². The average molecular weight is 216 g/mol. The van der Waals surface area contributed by atoms with E-state index in [2.05, 4.69) is 4.98 Å². The van der Waals surface area contributed by atoms with Crippen molar-refractivity contribution in [2.45, 2.75) is 13.8 Å². The number of aromatic amines is 1. The Labute approximate surface area is 92.7 Å². The van der Waals surface area contributed by atoms with E-state index in [4.69, 9.17) is 0 Å². The Balaban J connectivity index is 2.58. The second-order valence-corrected chi connectivity index (χ2v) is 3.75. The molecule has 0 amide bonds. The largest absolute Gasteiger partial charge is 0.355 e. The summed E-state index contributed by atoms with van der Waals surface area (Å²) in [5, 5.41) is 11.7. The molecule has 0 fully saturated rings. The molecule has 0 saturated heterocycles. The maximum absolute atomic E-state index is 10.6. The van der Waals surface area contributed by atoms with Gasteiger partial charge in [-0.3, -0.25) is 10.1 Å². The number of nitrogens with one attached hydrogen (secondary N) is 1. The molecular weight excluding hydrogens is 204 g/mol. The van der Waals surface area contributed by atoms with Crippen molar-refractivity contribution < 1.29 is 4.92 Å². The van der Waals surface area contributed by atoms with Crippen LogP contribution in [-0.2, 0) is 0 Å². The number of nitrogens with zero attached hydrogens (tertiary/aromatic N) is 1. The van der Waals surface area contributed by atoms with Crippen molar-refractivity contribution in [3.63, 3.8) is 0 Å². The van der Waals surface area contributed by atoms with Crippen LogP contribution in [0.1, 0.15) is 18.2 Å². The highest BCUT2D eigenvalue weighted by Gasteiger charge is 2.08. The number of rotatable bonds is 2. The fraction of sp³-hybridized carbons (Fsp3) is 0.167. The summed E-state index contributed by atoms with van der Waals surface area (Å²) in [7, 11) is 0. The van der Waals surface area contributed by atoms with Crippen molar-refractivity contribution in [1.29, 1.82) is 0 Å². The van der Waals surface area contributed by atoms with Crippen molar-refractivity contribution >= 4 is 17.0 Å². The Morgan fingerprint density at radius 3 is 2.75 bits per heavy atom. The number of nitro groups is 1. The first-order chi connectivity index (χ1) is 7.59. The van der Waals surface area contributed by atoms with Gasteiger partial charge in [0.05, 0.1) is 4.92 Å². The number of aromatic nitrogens is 1. The van der Waals surface area contributed by atoms with E-state index in [0.717, 1.165) is 22.2 Å². The van der Waals surface area contributed by atoms with E-state index in [1.807, 2.05) is 31.2 Å². The molecule has 1 aromatic carbocycles. The molecule has 0 atom stereocenters. The third kappa shape index (κ3) is 1.69. The highest BCUT2D eigenvalue weighted by molar-refractivity contribution is 5.86. The first kappa shape index (κ1) is 10.4. The SMILES string of the molecule is CC(=Cc1[nH]c2ccccc2c1C)[N+](=O)[O-]. The maximum atomic E-state index is 10.6. The molecule has 4 nitrogen and oxygen atoms in total. The summed E-state index contributed by atoms with van der Waals surface area (Å²) in [6, 6.07) is 7.85. The zero-order valence-electron chi connectivity index (χ0n) is 9.15. The van der Waals surface area contributed by atoms with Crippen molar-refractivity contribution in [2.75, 3.05) is 0 Å². The summed E-state index contributed by atoms with van der Waals surface area (Å²) in [4.78, 5) is 13.3. The number of H-pyrrole nitrogens is 1. The van der Waals surface area contributed by atoms with Crippen LogP contribution in [0.15, 0.2) is 30.0 Å². The van der Waals surface area contributed by atoms with Gasteiger partial charge in [0.25, 0.3) is 0 Å². The van der Waals surface area contributed by atoms with E-state index in [9.17, 15) is 10.1 Å². The lowest BCUT2D eigenvalue weighted by molar-refractivity contribution is -0.422. The number of hydrogen-bond acceptors (Lipinski definition) is 2. The Morgan fingerprint density at radius 1 is 1.44 bits per heavy atom. The predicted octanol–water partition coefficient (Wildman–Crippen LogP) is 3.11. The highest BCUT2D eigenvalue weighted by atomic mass is 16.6. The number of aryl methyl sites for hydroxylation is 1. The van der Waals surface area contributed by atoms with Gasteiger partial charge in [0.2, 0.25) is 5.70 Å². The molecule has 0 spiro atoms. The van der Waals surface area contributed by atoms with Crippen molar-refractivity contribution in [3.8, 4) is 0 Å². The molecule has 2 aromatic rings. The molecule has 0 unspecified atom stereocenters. The standard InChI is InChI=1S/C12H12N2O2/c1-8(14(15)16)7-12-9(2)10-5-3-4-6-11(10)13-12/h3-7,13H,1-2H3. The van der Waals surface area contributed by atoms with Crippen LogP contribution in [0.3, 0.4) is 0 Å². The molecule has 1 aromatic heterocycles. The lowest BCUT2D eigenvalue weighted by Gasteiger charge is -1.92. The number of hydrogen-bond donors (Lipinski definition) is 1. The molecular formula is C12H12N2O2. The summed E-state index contributed by atoms with van der Waals surface area (Å²) in [5.41, 5.74) is 2.98. The van der Waals surface area contributed by atoms with Crippen LogP contribution in [-0.4, -0.2) is 9.91 Å². The highest BCUT2D eigenvalue weighted by Crippen LogP contribution is 2.22. The van der Waals surface area contributed by atoms with Crippen LogP contribution in [0.2, 0.25) is 0 Å². The molecule has 16 heavy (non-hydrogen) atoms. The molecule has 0 aliphatic carbocycles. The maximum Gasteiger partial charge on any atom is 0.245 e. The van der Waals surface area contributed by atoms with Crippen LogP contribution in [0.25, 0.3) is 17.0 Å². The zero-order chi connectivity index (χ0) is 11.7. The van der Waals surface area contributed by atoms with Gasteiger partial charge in [-0.2, -0.15) is 0 Å². The van der Waals surface area contributed by atoms with Gasteiger partial charge in [-0.1, -0.05) is 18.2 Å². The van der Waals surface area contributed by atoms with E-state index in [0.29, 0.717) is 0 Å². The minimum absolute atomic E-state index is 0.134. The van der Waals surface area contributed by atoms with Crippen molar-refractivity contribution in [3.05, 3.63) is 51.3 Å². The minimum atomic E-state index is -0.384. The molecule has 0 saturated carbocycles. The number of benzene rings is 1. The zero-order valence-corrected chi connectivity index (χ0v) is 9.15. The molecule has 2 rings (SSSR count). The van der Waals surface area contributed by atoms with Gasteiger partial charge in [-0.15, -0.1) is 0 Å². The quantitative estimate of drug-likeness (QED) is 0.619.